The fourth-order valence-electron chi connectivity index (χ4n) is 4.20. The van der Waals surface area contributed by atoms with Gasteiger partial charge in [-0.3, -0.25) is 0 Å². The molecule has 0 saturated carbocycles. The number of amides is 1. The van der Waals surface area contributed by atoms with E-state index in [1.165, 1.54) is 11.0 Å². The zero-order chi connectivity index (χ0) is 26.2. The average Bonchev–Trinajstić information content (AvgIpc) is 2.72. The number of piperidine rings is 1. The predicted molar refractivity (Wildman–Crippen MR) is 128 cm³/mol. The first-order valence-corrected chi connectivity index (χ1v) is 12.8. The Morgan fingerprint density at radius 2 is 1.60 bits per heavy atom. The topological polar surface area (TPSA) is 75.7 Å². The molecule has 1 N–H and O–H groups in total. The first-order valence-electron chi connectivity index (χ1n) is 11.4. The lowest BCUT2D eigenvalue weighted by molar-refractivity contribution is -0.139. The molecule has 10 heteroatoms. The summed E-state index contributed by atoms with van der Waals surface area (Å²) in [7, 11) is -4.46. The van der Waals surface area contributed by atoms with Gasteiger partial charge in [-0.05, 0) is 81.8 Å². The summed E-state index contributed by atoms with van der Waals surface area (Å²) < 4.78 is 75.7. The predicted octanol–water partition coefficient (Wildman–Crippen LogP) is 5.67. The van der Waals surface area contributed by atoms with Crippen molar-refractivity contribution in [2.24, 2.45) is 0 Å². The standard InChI is InChI=1S/C25H31F3N2O4S/c1-16-7-6-8-17(2)22(16)18-9-10-21(20(15-18)25(26,27)28)35(32,33)29-19-11-13-30(14-12-19)23(31)34-24(3,4)5/h6-10,15,19,29H,11-14H2,1-5H3. The van der Waals surface area contributed by atoms with Gasteiger partial charge < -0.3 is 9.64 Å². The third-order valence-electron chi connectivity index (χ3n) is 5.81. The minimum Gasteiger partial charge on any atom is -0.444 e. The summed E-state index contributed by atoms with van der Waals surface area (Å²) in [5, 5.41) is 0. The number of likely N-dealkylation sites (tertiary alicyclic amines) is 1. The molecule has 0 unspecified atom stereocenters. The highest BCUT2D eigenvalue weighted by atomic mass is 32.2. The molecule has 1 aliphatic heterocycles. The molecule has 6 nitrogen and oxygen atoms in total. The van der Waals surface area contributed by atoms with E-state index in [9.17, 15) is 26.4 Å². The van der Waals surface area contributed by atoms with Crippen LogP contribution in [0.4, 0.5) is 18.0 Å². The summed E-state index contributed by atoms with van der Waals surface area (Å²) in [5.41, 5.74) is 0.664. The minimum atomic E-state index is -4.86. The van der Waals surface area contributed by atoms with Crippen molar-refractivity contribution < 1.29 is 31.1 Å². The van der Waals surface area contributed by atoms with E-state index in [1.807, 2.05) is 6.07 Å². The second kappa shape index (κ2) is 9.81. The van der Waals surface area contributed by atoms with Crippen molar-refractivity contribution in [3.05, 3.63) is 53.1 Å². The highest BCUT2D eigenvalue weighted by Gasteiger charge is 2.39. The number of nitrogens with zero attached hydrogens (tertiary/aromatic N) is 1. The number of sulfonamides is 1. The van der Waals surface area contributed by atoms with Gasteiger partial charge in [0.2, 0.25) is 10.0 Å². The molecule has 3 rings (SSSR count). The highest BCUT2D eigenvalue weighted by molar-refractivity contribution is 7.89. The first kappa shape index (κ1) is 27.0. The molecule has 0 aliphatic carbocycles. The molecular weight excluding hydrogens is 481 g/mol. The number of carbonyl (C=O) groups excluding carboxylic acids is 1. The third kappa shape index (κ3) is 6.55. The Kier molecular flexibility index (Phi) is 7.57. The average molecular weight is 513 g/mol. The monoisotopic (exact) mass is 512 g/mol. The Hall–Kier alpha value is -2.59. The molecule has 0 aromatic heterocycles. The zero-order valence-electron chi connectivity index (χ0n) is 20.5. The number of ether oxygens (including phenoxy) is 1. The summed E-state index contributed by atoms with van der Waals surface area (Å²) in [6.45, 7) is 9.30. The Morgan fingerprint density at radius 3 is 2.11 bits per heavy atom. The maximum Gasteiger partial charge on any atom is 0.417 e. The molecule has 1 heterocycles. The SMILES string of the molecule is Cc1cccc(C)c1-c1ccc(S(=O)(=O)NC2CCN(C(=O)OC(C)(C)C)CC2)c(C(F)(F)F)c1. The Balaban J connectivity index is 1.83. The van der Waals surface area contributed by atoms with Crippen molar-refractivity contribution in [3.8, 4) is 11.1 Å². The zero-order valence-corrected chi connectivity index (χ0v) is 21.3. The van der Waals surface area contributed by atoms with Crippen LogP contribution in [0.2, 0.25) is 0 Å². The number of aryl methyl sites for hydroxylation is 2. The van der Waals surface area contributed by atoms with Crippen molar-refractivity contribution in [1.82, 2.24) is 9.62 Å². The van der Waals surface area contributed by atoms with Gasteiger partial charge in [0, 0.05) is 19.1 Å². The number of rotatable bonds is 4. The van der Waals surface area contributed by atoms with E-state index in [2.05, 4.69) is 4.72 Å². The lowest BCUT2D eigenvalue weighted by atomic mass is 9.94. The number of halogens is 3. The van der Waals surface area contributed by atoms with Crippen molar-refractivity contribution in [3.63, 3.8) is 0 Å². The van der Waals surface area contributed by atoms with Gasteiger partial charge in [-0.25, -0.2) is 17.9 Å². The van der Waals surface area contributed by atoms with E-state index >= 15 is 0 Å². The van der Waals surface area contributed by atoms with Gasteiger partial charge >= 0.3 is 12.3 Å². The Bertz CT molecular complexity index is 1180. The van der Waals surface area contributed by atoms with Crippen LogP contribution in [-0.4, -0.2) is 44.1 Å². The molecule has 2 aromatic rings. The van der Waals surface area contributed by atoms with Crippen molar-refractivity contribution in [2.45, 2.75) is 70.2 Å². The molecule has 0 spiro atoms. The molecular formula is C25H31F3N2O4S. The van der Waals surface area contributed by atoms with Crippen molar-refractivity contribution in [1.29, 1.82) is 0 Å². The lowest BCUT2D eigenvalue weighted by Gasteiger charge is -2.33. The largest absolute Gasteiger partial charge is 0.444 e. The van der Waals surface area contributed by atoms with Crippen LogP contribution < -0.4 is 4.72 Å². The van der Waals surface area contributed by atoms with Crippen molar-refractivity contribution in [2.75, 3.05) is 13.1 Å². The third-order valence-corrected chi connectivity index (χ3v) is 7.39. The second-order valence-electron chi connectivity index (χ2n) is 9.84. The highest BCUT2D eigenvalue weighted by Crippen LogP contribution is 2.38. The van der Waals surface area contributed by atoms with Crippen LogP contribution >= 0.6 is 0 Å². The van der Waals surface area contributed by atoms with Gasteiger partial charge in [0.05, 0.1) is 10.5 Å². The lowest BCUT2D eigenvalue weighted by Crippen LogP contribution is -2.47. The summed E-state index contributed by atoms with van der Waals surface area (Å²) in [6, 6.07) is 8.13. The molecule has 1 aliphatic rings. The molecule has 0 atom stereocenters. The molecule has 1 saturated heterocycles. The van der Waals surface area contributed by atoms with Gasteiger partial charge in [-0.1, -0.05) is 24.3 Å². The van der Waals surface area contributed by atoms with E-state index in [1.54, 1.807) is 46.8 Å². The molecule has 0 radical (unpaired) electrons. The normalized spacial score (nSPS) is 15.8. The quantitative estimate of drug-likeness (QED) is 0.573. The molecule has 0 bridgehead atoms. The Labute approximate surface area is 204 Å². The number of alkyl halides is 3. The number of benzene rings is 2. The van der Waals surface area contributed by atoms with Crippen LogP contribution in [0, 0.1) is 13.8 Å². The van der Waals surface area contributed by atoms with Crippen LogP contribution in [0.1, 0.15) is 50.3 Å². The smallest absolute Gasteiger partial charge is 0.417 e. The van der Waals surface area contributed by atoms with E-state index in [-0.39, 0.29) is 25.9 Å². The van der Waals surface area contributed by atoms with E-state index in [4.69, 9.17) is 4.74 Å². The minimum absolute atomic E-state index is 0.236. The van der Waals surface area contributed by atoms with Gasteiger partial charge in [0.15, 0.2) is 0 Å². The maximum atomic E-state index is 14.0. The summed E-state index contributed by atoms with van der Waals surface area (Å²) >= 11 is 0. The number of nitrogens with one attached hydrogen (secondary N) is 1. The molecule has 1 amide bonds. The van der Waals surface area contributed by atoms with Gasteiger partial charge in [0.25, 0.3) is 0 Å². The van der Waals surface area contributed by atoms with Gasteiger partial charge in [-0.15, -0.1) is 0 Å². The van der Waals surface area contributed by atoms with E-state index < -0.39 is 44.4 Å². The fourth-order valence-corrected chi connectivity index (χ4v) is 5.71. The summed E-state index contributed by atoms with van der Waals surface area (Å²) in [5.74, 6) is 0. The summed E-state index contributed by atoms with van der Waals surface area (Å²) in [4.78, 5) is 12.9. The fraction of sp³-hybridized carbons (Fsp3) is 0.480. The molecule has 192 valence electrons. The van der Waals surface area contributed by atoms with Crippen LogP contribution in [0.25, 0.3) is 11.1 Å². The van der Waals surface area contributed by atoms with Gasteiger partial charge in [-0.2, -0.15) is 13.2 Å². The molecule has 35 heavy (non-hydrogen) atoms. The van der Waals surface area contributed by atoms with Crippen LogP contribution in [-0.2, 0) is 20.9 Å². The van der Waals surface area contributed by atoms with E-state index in [0.29, 0.717) is 11.1 Å². The van der Waals surface area contributed by atoms with E-state index in [0.717, 1.165) is 23.3 Å². The Morgan fingerprint density at radius 1 is 1.03 bits per heavy atom. The number of hydrogen-bond acceptors (Lipinski definition) is 4. The molecule has 1 fully saturated rings. The van der Waals surface area contributed by atoms with Gasteiger partial charge in [0.1, 0.15) is 5.60 Å². The van der Waals surface area contributed by atoms with Crippen LogP contribution in [0.5, 0.6) is 0 Å². The van der Waals surface area contributed by atoms with Crippen molar-refractivity contribution >= 4 is 16.1 Å². The molecule has 2 aromatic carbocycles. The van der Waals surface area contributed by atoms with Crippen LogP contribution in [0.15, 0.2) is 41.3 Å². The number of hydrogen-bond donors (Lipinski definition) is 1. The second-order valence-corrected chi connectivity index (χ2v) is 11.5. The number of carbonyl (C=O) groups is 1. The summed E-state index contributed by atoms with van der Waals surface area (Å²) in [6.07, 6.45) is -4.84. The van der Waals surface area contributed by atoms with Crippen LogP contribution in [0.3, 0.4) is 0 Å². The first-order chi connectivity index (χ1) is 16.1. The maximum absolute atomic E-state index is 14.0.